The van der Waals surface area contributed by atoms with Gasteiger partial charge in [-0.15, -0.1) is 11.6 Å². The number of methoxy groups -OCH3 is 1. The van der Waals surface area contributed by atoms with Crippen LogP contribution in [-0.4, -0.2) is 18.9 Å². The van der Waals surface area contributed by atoms with E-state index in [9.17, 15) is 4.79 Å². The van der Waals surface area contributed by atoms with Gasteiger partial charge < -0.3 is 10.1 Å². The molecule has 0 aromatic heterocycles. The molecule has 0 aliphatic rings. The molecule has 0 radical (unpaired) electrons. The first-order chi connectivity index (χ1) is 7.19. The van der Waals surface area contributed by atoms with Gasteiger partial charge in [-0.2, -0.15) is 0 Å². The fourth-order valence-corrected chi connectivity index (χ4v) is 1.45. The summed E-state index contributed by atoms with van der Waals surface area (Å²) in [5.74, 6) is -0.352. The lowest BCUT2D eigenvalue weighted by Gasteiger charge is -2.11. The quantitative estimate of drug-likeness (QED) is 0.832. The normalized spacial score (nSPS) is 10.1. The molecule has 3 nitrogen and oxygen atoms in total. The van der Waals surface area contributed by atoms with E-state index in [1.165, 1.54) is 0 Å². The standard InChI is InChI=1S/C10H11Cl2NO2/c1-15-6-7-8(12)3-2-4-9(7)13-10(14)5-11/h2-4H,5-6H2,1H3,(H,13,14). The van der Waals surface area contributed by atoms with E-state index >= 15 is 0 Å². The summed E-state index contributed by atoms with van der Waals surface area (Å²) in [5, 5.41) is 3.21. The van der Waals surface area contributed by atoms with E-state index < -0.39 is 0 Å². The van der Waals surface area contributed by atoms with Crippen molar-refractivity contribution in [2.24, 2.45) is 0 Å². The molecule has 0 aliphatic heterocycles. The van der Waals surface area contributed by atoms with Crippen molar-refractivity contribution < 1.29 is 9.53 Å². The zero-order valence-electron chi connectivity index (χ0n) is 8.22. The summed E-state index contributed by atoms with van der Waals surface area (Å²) in [7, 11) is 1.57. The zero-order valence-corrected chi connectivity index (χ0v) is 9.73. The van der Waals surface area contributed by atoms with E-state index in [2.05, 4.69) is 5.32 Å². The molecule has 0 bridgehead atoms. The summed E-state index contributed by atoms with van der Waals surface area (Å²) in [4.78, 5) is 11.1. The lowest BCUT2D eigenvalue weighted by molar-refractivity contribution is -0.113. The minimum Gasteiger partial charge on any atom is -0.380 e. The molecule has 1 aromatic rings. The van der Waals surface area contributed by atoms with Gasteiger partial charge in [-0.3, -0.25) is 4.79 Å². The molecule has 1 amide bonds. The maximum Gasteiger partial charge on any atom is 0.239 e. The number of carbonyl (C=O) groups is 1. The van der Waals surface area contributed by atoms with E-state index in [1.807, 2.05) is 0 Å². The van der Waals surface area contributed by atoms with E-state index in [-0.39, 0.29) is 11.8 Å². The Labute approximate surface area is 98.3 Å². The number of anilines is 1. The number of amides is 1. The number of alkyl halides is 1. The van der Waals surface area contributed by atoms with Crippen LogP contribution in [0.5, 0.6) is 0 Å². The summed E-state index contributed by atoms with van der Waals surface area (Å²) in [6, 6.07) is 5.25. The van der Waals surface area contributed by atoms with Crippen LogP contribution in [0.3, 0.4) is 0 Å². The van der Waals surface area contributed by atoms with E-state index in [4.69, 9.17) is 27.9 Å². The average molecular weight is 248 g/mol. The molecule has 0 heterocycles. The van der Waals surface area contributed by atoms with Gasteiger partial charge in [0.2, 0.25) is 5.91 Å². The first-order valence-electron chi connectivity index (χ1n) is 4.31. The molecule has 1 aromatic carbocycles. The highest BCUT2D eigenvalue weighted by Crippen LogP contribution is 2.25. The minimum absolute atomic E-state index is 0.0844. The van der Waals surface area contributed by atoms with Crippen LogP contribution in [0.4, 0.5) is 5.69 Å². The molecule has 5 heteroatoms. The Kier molecular flexibility index (Phi) is 4.88. The second-order valence-corrected chi connectivity index (χ2v) is 3.56. The summed E-state index contributed by atoms with van der Waals surface area (Å²) >= 11 is 11.4. The van der Waals surface area contributed by atoms with E-state index in [0.29, 0.717) is 17.3 Å². The highest BCUT2D eigenvalue weighted by Gasteiger charge is 2.08. The molecule has 1 N–H and O–H groups in total. The van der Waals surface area contributed by atoms with Crippen LogP contribution in [0, 0.1) is 0 Å². The largest absolute Gasteiger partial charge is 0.380 e. The van der Waals surface area contributed by atoms with Crippen LogP contribution in [0.15, 0.2) is 18.2 Å². The lowest BCUT2D eigenvalue weighted by atomic mass is 10.2. The van der Waals surface area contributed by atoms with Crippen LogP contribution in [0.25, 0.3) is 0 Å². The van der Waals surface area contributed by atoms with Gasteiger partial charge in [0.1, 0.15) is 5.88 Å². The van der Waals surface area contributed by atoms with Crippen LogP contribution >= 0.6 is 23.2 Å². The van der Waals surface area contributed by atoms with Crippen LogP contribution in [0.1, 0.15) is 5.56 Å². The van der Waals surface area contributed by atoms with Crippen LogP contribution in [0.2, 0.25) is 5.02 Å². The number of nitrogens with one attached hydrogen (secondary N) is 1. The molecule has 0 saturated heterocycles. The van der Waals surface area contributed by atoms with E-state index in [1.54, 1.807) is 25.3 Å². The molecule has 82 valence electrons. The number of rotatable bonds is 4. The van der Waals surface area contributed by atoms with Gasteiger partial charge in [0.15, 0.2) is 0 Å². The molecule has 0 spiro atoms. The third-order valence-corrected chi connectivity index (χ3v) is 2.40. The third kappa shape index (κ3) is 3.38. The van der Waals surface area contributed by atoms with Crippen molar-refractivity contribution in [1.82, 2.24) is 0 Å². The number of hydrogen-bond donors (Lipinski definition) is 1. The predicted molar refractivity (Wildman–Crippen MR) is 61.5 cm³/mol. The van der Waals surface area contributed by atoms with Crippen molar-refractivity contribution in [3.8, 4) is 0 Å². The Morgan fingerprint density at radius 3 is 2.87 bits per heavy atom. The first-order valence-corrected chi connectivity index (χ1v) is 5.22. The third-order valence-electron chi connectivity index (χ3n) is 1.80. The zero-order chi connectivity index (χ0) is 11.3. The highest BCUT2D eigenvalue weighted by molar-refractivity contribution is 6.32. The van der Waals surface area contributed by atoms with Gasteiger partial charge in [0.25, 0.3) is 0 Å². The Morgan fingerprint density at radius 1 is 1.53 bits per heavy atom. The first kappa shape index (κ1) is 12.3. The van der Waals surface area contributed by atoms with Gasteiger partial charge in [0.05, 0.1) is 6.61 Å². The van der Waals surface area contributed by atoms with E-state index in [0.717, 1.165) is 5.56 Å². The number of halogens is 2. The van der Waals surface area contributed by atoms with Gasteiger partial charge in [-0.1, -0.05) is 17.7 Å². The Bertz CT molecular complexity index is 355. The topological polar surface area (TPSA) is 38.3 Å². The molecule has 0 atom stereocenters. The second-order valence-electron chi connectivity index (χ2n) is 2.88. The number of benzene rings is 1. The van der Waals surface area contributed by atoms with Gasteiger partial charge in [0, 0.05) is 23.4 Å². The maximum absolute atomic E-state index is 11.1. The Morgan fingerprint density at radius 2 is 2.27 bits per heavy atom. The Balaban J connectivity index is 2.94. The average Bonchev–Trinajstić information content (AvgIpc) is 2.23. The van der Waals surface area contributed by atoms with Gasteiger partial charge >= 0.3 is 0 Å². The summed E-state index contributed by atoms with van der Waals surface area (Å²) in [6.07, 6.45) is 0. The van der Waals surface area contributed by atoms with Gasteiger partial charge in [-0.25, -0.2) is 0 Å². The lowest BCUT2D eigenvalue weighted by Crippen LogP contribution is -2.14. The summed E-state index contributed by atoms with van der Waals surface area (Å²) in [5.41, 5.74) is 1.38. The second kappa shape index (κ2) is 5.95. The van der Waals surface area contributed by atoms with Crippen molar-refractivity contribution in [2.75, 3.05) is 18.3 Å². The smallest absolute Gasteiger partial charge is 0.239 e. The SMILES string of the molecule is COCc1c(Cl)cccc1NC(=O)CCl. The number of hydrogen-bond acceptors (Lipinski definition) is 2. The van der Waals surface area contributed by atoms with Crippen molar-refractivity contribution in [3.05, 3.63) is 28.8 Å². The molecule has 0 unspecified atom stereocenters. The van der Waals surface area contributed by atoms with Crippen LogP contribution < -0.4 is 5.32 Å². The molecular formula is C10H11Cl2NO2. The van der Waals surface area contributed by atoms with Crippen molar-refractivity contribution in [3.63, 3.8) is 0 Å². The maximum atomic E-state index is 11.1. The van der Waals surface area contributed by atoms with Crippen molar-refractivity contribution in [1.29, 1.82) is 0 Å². The fraction of sp³-hybridized carbons (Fsp3) is 0.300. The minimum atomic E-state index is -0.267. The fourth-order valence-electron chi connectivity index (χ4n) is 1.15. The molecule has 15 heavy (non-hydrogen) atoms. The van der Waals surface area contributed by atoms with Gasteiger partial charge in [-0.05, 0) is 12.1 Å². The number of carbonyl (C=O) groups excluding carboxylic acids is 1. The molecule has 0 aliphatic carbocycles. The van der Waals surface area contributed by atoms with Crippen molar-refractivity contribution in [2.45, 2.75) is 6.61 Å². The Hall–Kier alpha value is -0.770. The summed E-state index contributed by atoms with van der Waals surface area (Å²) < 4.78 is 5.00. The number of ether oxygens (including phenoxy) is 1. The molecule has 1 rings (SSSR count). The molecule has 0 fully saturated rings. The molecular weight excluding hydrogens is 237 g/mol. The molecule has 0 saturated carbocycles. The monoisotopic (exact) mass is 247 g/mol. The van der Waals surface area contributed by atoms with Crippen LogP contribution in [-0.2, 0) is 16.1 Å². The predicted octanol–water partition coefficient (Wildman–Crippen LogP) is 2.66. The van der Waals surface area contributed by atoms with Crippen molar-refractivity contribution >= 4 is 34.8 Å². The summed E-state index contributed by atoms with van der Waals surface area (Å²) in [6.45, 7) is 0.345. The highest BCUT2D eigenvalue weighted by atomic mass is 35.5.